The molecule has 0 aliphatic rings. The van der Waals surface area contributed by atoms with Gasteiger partial charge in [0.1, 0.15) is 0 Å². The van der Waals surface area contributed by atoms with Gasteiger partial charge in [-0.05, 0) is 11.6 Å². The summed E-state index contributed by atoms with van der Waals surface area (Å²) in [5.41, 5.74) is 1.65. The van der Waals surface area contributed by atoms with Crippen molar-refractivity contribution in [2.45, 2.75) is 13.5 Å². The van der Waals surface area contributed by atoms with E-state index in [2.05, 4.69) is 4.98 Å². The highest BCUT2D eigenvalue weighted by Crippen LogP contribution is 2.33. The van der Waals surface area contributed by atoms with Crippen molar-refractivity contribution in [2.24, 2.45) is 0 Å². The smallest absolute Gasteiger partial charge is 0.243 e. The van der Waals surface area contributed by atoms with Gasteiger partial charge in [0.25, 0.3) is 0 Å². The first-order valence-corrected chi connectivity index (χ1v) is 5.75. The Bertz CT molecular complexity index is 606. The number of hydrogen-bond acceptors (Lipinski definition) is 4. The molecule has 0 saturated heterocycles. The largest absolute Gasteiger partial charge is 0.493 e. The minimum atomic E-state index is -0.408. The first kappa shape index (κ1) is 13.2. The predicted octanol–water partition coefficient (Wildman–Crippen LogP) is 1.92. The number of hydrogen-bond donors (Lipinski definition) is 2. The zero-order valence-electron chi connectivity index (χ0n) is 11.1. The first-order valence-electron chi connectivity index (χ1n) is 5.75. The van der Waals surface area contributed by atoms with E-state index in [-0.39, 0.29) is 6.54 Å². The zero-order chi connectivity index (χ0) is 14.0. The summed E-state index contributed by atoms with van der Waals surface area (Å²) in [4.78, 5) is 14.1. The van der Waals surface area contributed by atoms with Gasteiger partial charge < -0.3 is 14.5 Å². The number of carbonyl (C=O) groups excluding carboxylic acids is 1. The number of nitrogens with one attached hydrogen (secondary N) is 1. The van der Waals surface area contributed by atoms with E-state index >= 15 is 0 Å². The fourth-order valence-corrected chi connectivity index (χ4v) is 1.91. The number of amides is 1. The molecule has 102 valence electrons. The molecular formula is C13H16N2O4. The van der Waals surface area contributed by atoms with Crippen LogP contribution in [0.15, 0.2) is 18.3 Å². The van der Waals surface area contributed by atoms with Gasteiger partial charge in [-0.25, -0.2) is 5.06 Å². The van der Waals surface area contributed by atoms with Gasteiger partial charge in [0, 0.05) is 30.1 Å². The summed E-state index contributed by atoms with van der Waals surface area (Å²) in [5, 5.41) is 11.0. The van der Waals surface area contributed by atoms with Gasteiger partial charge in [-0.1, -0.05) is 0 Å². The van der Waals surface area contributed by atoms with Crippen LogP contribution in [0, 0.1) is 0 Å². The Morgan fingerprint density at radius 1 is 1.32 bits per heavy atom. The summed E-state index contributed by atoms with van der Waals surface area (Å²) < 4.78 is 10.5. The number of aromatic nitrogens is 1. The molecule has 19 heavy (non-hydrogen) atoms. The van der Waals surface area contributed by atoms with E-state index < -0.39 is 5.91 Å². The van der Waals surface area contributed by atoms with E-state index in [1.807, 2.05) is 12.1 Å². The van der Waals surface area contributed by atoms with Crippen molar-refractivity contribution >= 4 is 16.8 Å². The Labute approximate surface area is 110 Å². The maximum absolute atomic E-state index is 11.1. The summed E-state index contributed by atoms with van der Waals surface area (Å²) in [7, 11) is 3.13. The Balaban J connectivity index is 2.44. The van der Waals surface area contributed by atoms with Gasteiger partial charge in [-0.3, -0.25) is 10.0 Å². The average molecular weight is 264 g/mol. The number of nitrogens with zero attached hydrogens (tertiary/aromatic N) is 1. The molecule has 2 N–H and O–H groups in total. The lowest BCUT2D eigenvalue weighted by atomic mass is 10.1. The lowest BCUT2D eigenvalue weighted by Gasteiger charge is -2.12. The van der Waals surface area contributed by atoms with Crippen molar-refractivity contribution in [1.29, 1.82) is 0 Å². The molecule has 0 atom stereocenters. The lowest BCUT2D eigenvalue weighted by Crippen LogP contribution is -2.23. The number of rotatable bonds is 4. The number of aromatic amines is 1. The van der Waals surface area contributed by atoms with E-state index in [9.17, 15) is 10.0 Å². The van der Waals surface area contributed by atoms with Crippen molar-refractivity contribution in [1.82, 2.24) is 10.0 Å². The number of fused-ring (bicyclic) bond motifs is 1. The van der Waals surface area contributed by atoms with E-state index in [1.54, 1.807) is 20.4 Å². The molecule has 0 saturated carbocycles. The fourth-order valence-electron chi connectivity index (χ4n) is 1.91. The topological polar surface area (TPSA) is 74.8 Å². The normalized spacial score (nSPS) is 10.5. The molecule has 0 spiro atoms. The van der Waals surface area contributed by atoms with E-state index in [1.165, 1.54) is 6.92 Å². The van der Waals surface area contributed by atoms with Gasteiger partial charge in [-0.2, -0.15) is 0 Å². The summed E-state index contributed by atoms with van der Waals surface area (Å²) >= 11 is 0. The van der Waals surface area contributed by atoms with Crippen molar-refractivity contribution in [3.8, 4) is 11.5 Å². The van der Waals surface area contributed by atoms with Gasteiger partial charge in [-0.15, -0.1) is 0 Å². The molecule has 0 aliphatic heterocycles. The first-order chi connectivity index (χ1) is 9.06. The molecule has 2 aromatic rings. The third-order valence-corrected chi connectivity index (χ3v) is 2.96. The van der Waals surface area contributed by atoms with Crippen molar-refractivity contribution in [3.63, 3.8) is 0 Å². The summed E-state index contributed by atoms with van der Waals surface area (Å²) in [6, 6.07) is 3.63. The third kappa shape index (κ3) is 2.48. The van der Waals surface area contributed by atoms with Crippen LogP contribution in [0.25, 0.3) is 10.9 Å². The molecule has 1 aromatic heterocycles. The molecule has 1 heterocycles. The van der Waals surface area contributed by atoms with E-state index in [0.29, 0.717) is 16.6 Å². The van der Waals surface area contributed by atoms with Crippen LogP contribution in [0.3, 0.4) is 0 Å². The summed E-state index contributed by atoms with van der Waals surface area (Å²) in [5.74, 6) is 0.814. The number of ether oxygens (including phenoxy) is 2. The van der Waals surface area contributed by atoms with E-state index in [4.69, 9.17) is 9.47 Å². The van der Waals surface area contributed by atoms with Crippen LogP contribution in [-0.2, 0) is 11.3 Å². The van der Waals surface area contributed by atoms with Gasteiger partial charge in [0.05, 0.1) is 20.8 Å². The molecule has 6 heteroatoms. The summed E-state index contributed by atoms with van der Waals surface area (Å²) in [6.07, 6.45) is 1.75. The van der Waals surface area contributed by atoms with E-state index in [0.717, 1.165) is 16.5 Å². The standard InChI is InChI=1S/C13H16N2O4/c1-8(16)15(17)7-9-6-14-11-5-13(19-3)12(18-2)4-10(9)11/h4-6,14,17H,7H2,1-3H3. The minimum absolute atomic E-state index is 0.116. The third-order valence-electron chi connectivity index (χ3n) is 2.96. The highest BCUT2D eigenvalue weighted by Gasteiger charge is 2.13. The van der Waals surface area contributed by atoms with Crippen molar-refractivity contribution < 1.29 is 19.5 Å². The van der Waals surface area contributed by atoms with Crippen LogP contribution >= 0.6 is 0 Å². The minimum Gasteiger partial charge on any atom is -0.493 e. The molecule has 6 nitrogen and oxygen atoms in total. The number of H-pyrrole nitrogens is 1. The molecule has 0 aliphatic carbocycles. The second-order valence-electron chi connectivity index (χ2n) is 4.14. The maximum Gasteiger partial charge on any atom is 0.243 e. The van der Waals surface area contributed by atoms with Gasteiger partial charge in [0.2, 0.25) is 5.91 Å². The second kappa shape index (κ2) is 5.19. The van der Waals surface area contributed by atoms with Crippen molar-refractivity contribution in [3.05, 3.63) is 23.9 Å². The van der Waals surface area contributed by atoms with Crippen LogP contribution in [0.2, 0.25) is 0 Å². The molecule has 1 aromatic carbocycles. The van der Waals surface area contributed by atoms with Gasteiger partial charge >= 0.3 is 0 Å². The number of hydroxylamine groups is 2. The second-order valence-corrected chi connectivity index (χ2v) is 4.14. The molecule has 0 unspecified atom stereocenters. The van der Waals surface area contributed by atoms with Crippen LogP contribution in [0.5, 0.6) is 11.5 Å². The maximum atomic E-state index is 11.1. The van der Waals surface area contributed by atoms with Crippen LogP contribution in [0.1, 0.15) is 12.5 Å². The molecule has 1 amide bonds. The van der Waals surface area contributed by atoms with Crippen LogP contribution in [0.4, 0.5) is 0 Å². The number of carbonyl (C=O) groups is 1. The van der Waals surface area contributed by atoms with Gasteiger partial charge in [0.15, 0.2) is 11.5 Å². The monoisotopic (exact) mass is 264 g/mol. The summed E-state index contributed by atoms with van der Waals surface area (Å²) in [6.45, 7) is 1.42. The molecule has 0 radical (unpaired) electrons. The number of methoxy groups -OCH3 is 2. The highest BCUT2D eigenvalue weighted by molar-refractivity contribution is 5.87. The quantitative estimate of drug-likeness (QED) is 0.653. The Hall–Kier alpha value is -2.21. The highest BCUT2D eigenvalue weighted by atomic mass is 16.5. The molecular weight excluding hydrogens is 248 g/mol. The molecule has 2 rings (SSSR count). The Morgan fingerprint density at radius 2 is 1.95 bits per heavy atom. The molecule has 0 fully saturated rings. The fraction of sp³-hybridized carbons (Fsp3) is 0.308. The van der Waals surface area contributed by atoms with Crippen LogP contribution in [-0.4, -0.2) is 35.4 Å². The predicted molar refractivity (Wildman–Crippen MR) is 69.4 cm³/mol. The zero-order valence-corrected chi connectivity index (χ0v) is 11.1. The van der Waals surface area contributed by atoms with Crippen molar-refractivity contribution in [2.75, 3.05) is 14.2 Å². The number of benzene rings is 1. The Kier molecular flexibility index (Phi) is 3.62. The SMILES string of the molecule is COc1cc2[nH]cc(CN(O)C(C)=O)c2cc1OC. The van der Waals surface area contributed by atoms with Crippen LogP contribution < -0.4 is 9.47 Å². The lowest BCUT2D eigenvalue weighted by molar-refractivity contribution is -0.165. The average Bonchev–Trinajstić information content (AvgIpc) is 2.79. The Morgan fingerprint density at radius 3 is 2.53 bits per heavy atom. The molecule has 0 bridgehead atoms.